The Morgan fingerprint density at radius 1 is 1.44 bits per heavy atom. The van der Waals surface area contributed by atoms with Crippen molar-refractivity contribution in [2.45, 2.75) is 6.54 Å². The fraction of sp³-hybridized carbons (Fsp3) is 0.111. The van der Waals surface area contributed by atoms with E-state index in [0.717, 1.165) is 8.79 Å². The Hall–Kier alpha value is -1.18. The third-order valence-corrected chi connectivity index (χ3v) is 3.66. The van der Waals surface area contributed by atoms with Crippen LogP contribution in [0.15, 0.2) is 31.7 Å². The Bertz CT molecular complexity index is 628. The second-order valence-electron chi connectivity index (χ2n) is 3.07. The average molecular weight is 302 g/mol. The lowest BCUT2D eigenvalue weighted by Gasteiger charge is -2.03. The Balaban J connectivity index is 2.66. The molecule has 7 heteroatoms. The third-order valence-electron chi connectivity index (χ3n) is 2.03. The molecule has 0 bridgehead atoms. The molecule has 0 amide bonds. The number of hydrogen-bond donors (Lipinski definition) is 2. The van der Waals surface area contributed by atoms with Gasteiger partial charge in [-0.2, -0.15) is 0 Å². The maximum absolute atomic E-state index is 11.6. The Morgan fingerprint density at radius 2 is 2.19 bits per heavy atom. The number of nitrogens with one attached hydrogen (secondary N) is 1. The number of hydrogen-bond acceptors (Lipinski definition) is 4. The summed E-state index contributed by atoms with van der Waals surface area (Å²) in [6, 6.07) is 3.62. The lowest BCUT2D eigenvalue weighted by molar-refractivity contribution is 0.862. The highest BCUT2D eigenvalue weighted by molar-refractivity contribution is 9.11. The van der Waals surface area contributed by atoms with Crippen molar-refractivity contribution in [3.8, 4) is 5.00 Å². The summed E-state index contributed by atoms with van der Waals surface area (Å²) < 4.78 is 2.29. The highest BCUT2D eigenvalue weighted by Crippen LogP contribution is 2.24. The zero-order valence-electron chi connectivity index (χ0n) is 8.07. The van der Waals surface area contributed by atoms with Crippen LogP contribution >= 0.6 is 27.3 Å². The van der Waals surface area contributed by atoms with Crippen molar-refractivity contribution in [1.82, 2.24) is 9.55 Å². The van der Waals surface area contributed by atoms with Gasteiger partial charge in [0, 0.05) is 18.3 Å². The van der Waals surface area contributed by atoms with Gasteiger partial charge >= 0.3 is 5.69 Å². The standard InChI is InChI=1S/C9H8BrN3O2S/c10-6-1-2-7(16-6)13-4-5(3-11)8(14)12-9(13)15/h1-2,4H,3,11H2,(H,12,14,15). The van der Waals surface area contributed by atoms with Crippen LogP contribution in [0.1, 0.15) is 5.56 Å². The molecule has 0 atom stereocenters. The van der Waals surface area contributed by atoms with Crippen LogP contribution in [0.4, 0.5) is 0 Å². The van der Waals surface area contributed by atoms with Gasteiger partial charge in [0.15, 0.2) is 0 Å². The summed E-state index contributed by atoms with van der Waals surface area (Å²) in [6.07, 6.45) is 1.47. The van der Waals surface area contributed by atoms with Crippen LogP contribution in [0.5, 0.6) is 0 Å². The number of rotatable bonds is 2. The molecule has 3 N–H and O–H groups in total. The summed E-state index contributed by atoms with van der Waals surface area (Å²) in [5, 5.41) is 0.725. The van der Waals surface area contributed by atoms with E-state index in [-0.39, 0.29) is 6.54 Å². The van der Waals surface area contributed by atoms with Crippen molar-refractivity contribution in [3.05, 3.63) is 48.5 Å². The molecule has 2 aromatic rings. The van der Waals surface area contributed by atoms with Gasteiger partial charge in [0.25, 0.3) is 5.56 Å². The minimum absolute atomic E-state index is 0.0994. The predicted octanol–water partition coefficient (Wildman–Crippen LogP) is 0.808. The van der Waals surface area contributed by atoms with Gasteiger partial charge in [-0.3, -0.25) is 14.3 Å². The largest absolute Gasteiger partial charge is 0.333 e. The van der Waals surface area contributed by atoms with E-state index < -0.39 is 11.2 Å². The van der Waals surface area contributed by atoms with Gasteiger partial charge < -0.3 is 5.73 Å². The number of nitrogens with two attached hydrogens (primary N) is 1. The van der Waals surface area contributed by atoms with E-state index in [1.165, 1.54) is 22.1 Å². The quantitative estimate of drug-likeness (QED) is 0.861. The molecule has 0 spiro atoms. The molecule has 2 rings (SSSR count). The average Bonchev–Trinajstić information content (AvgIpc) is 2.65. The highest BCUT2D eigenvalue weighted by Gasteiger charge is 2.06. The topological polar surface area (TPSA) is 80.9 Å². The first-order valence-corrected chi connectivity index (χ1v) is 6.03. The third kappa shape index (κ3) is 2.01. The van der Waals surface area contributed by atoms with Crippen molar-refractivity contribution < 1.29 is 0 Å². The van der Waals surface area contributed by atoms with Gasteiger partial charge in [-0.05, 0) is 28.1 Å². The maximum atomic E-state index is 11.6. The van der Waals surface area contributed by atoms with E-state index in [4.69, 9.17) is 5.73 Å². The van der Waals surface area contributed by atoms with Crippen molar-refractivity contribution in [2.75, 3.05) is 0 Å². The fourth-order valence-electron chi connectivity index (χ4n) is 1.25. The van der Waals surface area contributed by atoms with Gasteiger partial charge in [0.2, 0.25) is 0 Å². The summed E-state index contributed by atoms with van der Waals surface area (Å²) in [5.41, 5.74) is 4.90. The van der Waals surface area contributed by atoms with Crippen LogP contribution in [0.25, 0.3) is 5.00 Å². The van der Waals surface area contributed by atoms with Crippen LogP contribution in [0.2, 0.25) is 0 Å². The van der Waals surface area contributed by atoms with Gasteiger partial charge in [-0.1, -0.05) is 0 Å². The summed E-state index contributed by atoms with van der Waals surface area (Å²) in [6.45, 7) is 0.0994. The van der Waals surface area contributed by atoms with Crippen molar-refractivity contribution in [1.29, 1.82) is 0 Å². The number of aromatic nitrogens is 2. The van der Waals surface area contributed by atoms with E-state index in [2.05, 4.69) is 20.9 Å². The number of aromatic amines is 1. The molecule has 16 heavy (non-hydrogen) atoms. The van der Waals surface area contributed by atoms with Crippen molar-refractivity contribution in [3.63, 3.8) is 0 Å². The van der Waals surface area contributed by atoms with E-state index in [1.807, 2.05) is 6.07 Å². The maximum Gasteiger partial charge on any atom is 0.333 e. The Morgan fingerprint density at radius 3 is 2.75 bits per heavy atom. The first-order valence-electron chi connectivity index (χ1n) is 4.42. The Labute approximate surface area is 103 Å². The molecule has 0 aromatic carbocycles. The second-order valence-corrected chi connectivity index (χ2v) is 5.51. The van der Waals surface area contributed by atoms with E-state index in [0.29, 0.717) is 5.56 Å². The summed E-state index contributed by atoms with van der Waals surface area (Å²) in [5.74, 6) is 0. The molecule has 2 aromatic heterocycles. The van der Waals surface area contributed by atoms with Gasteiger partial charge in [-0.25, -0.2) is 4.79 Å². The van der Waals surface area contributed by atoms with Gasteiger partial charge in [0.1, 0.15) is 5.00 Å². The number of thiophene rings is 1. The van der Waals surface area contributed by atoms with Crippen LogP contribution < -0.4 is 17.0 Å². The van der Waals surface area contributed by atoms with Crippen LogP contribution in [0, 0.1) is 0 Å². The van der Waals surface area contributed by atoms with Gasteiger partial charge in [-0.15, -0.1) is 11.3 Å². The second kappa shape index (κ2) is 4.36. The summed E-state index contributed by atoms with van der Waals surface area (Å²) >= 11 is 4.71. The minimum atomic E-state index is -0.462. The van der Waals surface area contributed by atoms with Crippen molar-refractivity contribution in [2.24, 2.45) is 5.73 Å². The number of nitrogens with zero attached hydrogens (tertiary/aromatic N) is 1. The smallest absolute Gasteiger partial charge is 0.326 e. The molecule has 0 unspecified atom stereocenters. The predicted molar refractivity (Wildman–Crippen MR) is 66.1 cm³/mol. The molecular weight excluding hydrogens is 294 g/mol. The highest BCUT2D eigenvalue weighted by atomic mass is 79.9. The molecule has 0 aliphatic carbocycles. The molecule has 0 aliphatic heterocycles. The van der Waals surface area contributed by atoms with E-state index >= 15 is 0 Å². The molecule has 0 aliphatic rings. The first-order chi connectivity index (χ1) is 7.61. The fourth-order valence-corrected chi connectivity index (χ4v) is 2.59. The summed E-state index contributed by atoms with van der Waals surface area (Å²) in [4.78, 5) is 25.1. The van der Waals surface area contributed by atoms with Crippen LogP contribution in [-0.2, 0) is 6.54 Å². The molecule has 84 valence electrons. The zero-order chi connectivity index (χ0) is 11.7. The van der Waals surface area contributed by atoms with Crippen molar-refractivity contribution >= 4 is 27.3 Å². The molecule has 0 saturated carbocycles. The number of H-pyrrole nitrogens is 1. The van der Waals surface area contributed by atoms with Crippen LogP contribution in [0.3, 0.4) is 0 Å². The Kier molecular flexibility index (Phi) is 3.08. The SMILES string of the molecule is NCc1cn(-c2ccc(Br)s2)c(=O)[nH]c1=O. The summed E-state index contributed by atoms with van der Waals surface area (Å²) in [7, 11) is 0. The van der Waals surface area contributed by atoms with E-state index in [1.54, 1.807) is 6.07 Å². The molecule has 2 heterocycles. The van der Waals surface area contributed by atoms with Crippen LogP contribution in [-0.4, -0.2) is 9.55 Å². The normalized spacial score (nSPS) is 10.6. The lowest BCUT2D eigenvalue weighted by Crippen LogP contribution is -2.31. The molecule has 0 saturated heterocycles. The van der Waals surface area contributed by atoms with Gasteiger partial charge in [0.05, 0.1) is 3.79 Å². The molecule has 5 nitrogen and oxygen atoms in total. The number of halogens is 1. The van der Waals surface area contributed by atoms with E-state index in [9.17, 15) is 9.59 Å². The molecule has 0 radical (unpaired) electrons. The minimum Gasteiger partial charge on any atom is -0.326 e. The first kappa shape index (κ1) is 11.3. The zero-order valence-corrected chi connectivity index (χ0v) is 10.5. The molecule has 0 fully saturated rings. The lowest BCUT2D eigenvalue weighted by atomic mass is 10.3. The molecular formula is C9H8BrN3O2S. The monoisotopic (exact) mass is 301 g/mol.